The van der Waals surface area contributed by atoms with Crippen LogP contribution in [0.15, 0.2) is 47.7 Å². The van der Waals surface area contributed by atoms with Crippen LogP contribution in [0.4, 0.5) is 5.82 Å². The van der Waals surface area contributed by atoms with E-state index in [1.165, 1.54) is 36.6 Å². The molecule has 0 radical (unpaired) electrons. The summed E-state index contributed by atoms with van der Waals surface area (Å²) >= 11 is 0. The molecule has 4 rings (SSSR count). The molecular weight excluding hydrogens is 378 g/mol. The van der Waals surface area contributed by atoms with Gasteiger partial charge in [0.1, 0.15) is 12.4 Å². The molecule has 0 saturated carbocycles. The number of fused-ring (bicyclic) bond motifs is 1. The van der Waals surface area contributed by atoms with Crippen LogP contribution in [-0.2, 0) is 17.9 Å². The Kier molecular flexibility index (Phi) is 6.07. The van der Waals surface area contributed by atoms with Crippen molar-refractivity contribution in [3.8, 4) is 0 Å². The van der Waals surface area contributed by atoms with E-state index in [-0.39, 0.29) is 18.0 Å². The van der Waals surface area contributed by atoms with Crippen molar-refractivity contribution in [3.05, 3.63) is 64.3 Å². The fourth-order valence-corrected chi connectivity index (χ4v) is 3.87. The monoisotopic (exact) mass is 405 g/mol. The quantitative estimate of drug-likeness (QED) is 0.706. The number of aryl methyl sites for hydroxylation is 1. The zero-order valence-corrected chi connectivity index (χ0v) is 17.3. The third-order valence-corrected chi connectivity index (χ3v) is 5.60. The van der Waals surface area contributed by atoms with E-state index in [1.54, 1.807) is 6.07 Å². The molecule has 0 atom stereocenters. The van der Waals surface area contributed by atoms with Gasteiger partial charge in [0.05, 0.1) is 17.2 Å². The van der Waals surface area contributed by atoms with Crippen LogP contribution in [-0.4, -0.2) is 33.5 Å². The van der Waals surface area contributed by atoms with E-state index in [9.17, 15) is 9.59 Å². The smallest absolute Gasteiger partial charge is 0.261 e. The van der Waals surface area contributed by atoms with E-state index >= 15 is 0 Å². The van der Waals surface area contributed by atoms with Gasteiger partial charge < -0.3 is 10.2 Å². The molecule has 1 N–H and O–H groups in total. The Labute approximate surface area is 175 Å². The van der Waals surface area contributed by atoms with Crippen LogP contribution in [0.1, 0.15) is 36.8 Å². The molecule has 3 heterocycles. The number of benzene rings is 1. The number of carbonyl (C=O) groups is 1. The van der Waals surface area contributed by atoms with Crippen molar-refractivity contribution in [3.63, 3.8) is 0 Å². The maximum absolute atomic E-state index is 12.6. The number of aromatic nitrogens is 3. The lowest BCUT2D eigenvalue weighted by atomic mass is 10.1. The average Bonchev–Trinajstić information content (AvgIpc) is 3.05. The van der Waals surface area contributed by atoms with Gasteiger partial charge in [0.15, 0.2) is 0 Å². The minimum atomic E-state index is -0.234. The first-order valence-electron chi connectivity index (χ1n) is 10.5. The minimum absolute atomic E-state index is 0.0605. The lowest BCUT2D eigenvalue weighted by Crippen LogP contribution is -2.32. The summed E-state index contributed by atoms with van der Waals surface area (Å²) in [7, 11) is 0. The van der Waals surface area contributed by atoms with E-state index in [0.29, 0.717) is 17.4 Å². The van der Waals surface area contributed by atoms with Gasteiger partial charge in [0.25, 0.3) is 5.56 Å². The molecule has 7 nitrogen and oxygen atoms in total. The number of nitrogens with zero attached hydrogens (tertiary/aromatic N) is 4. The number of anilines is 1. The number of hydrogen-bond donors (Lipinski definition) is 1. The third kappa shape index (κ3) is 4.50. The first-order chi connectivity index (χ1) is 14.6. The van der Waals surface area contributed by atoms with Crippen molar-refractivity contribution >= 4 is 22.6 Å². The van der Waals surface area contributed by atoms with Crippen molar-refractivity contribution < 1.29 is 4.79 Å². The number of carbonyl (C=O) groups excluding carboxylic acids is 1. The van der Waals surface area contributed by atoms with Gasteiger partial charge in [-0.05, 0) is 43.0 Å². The van der Waals surface area contributed by atoms with Gasteiger partial charge in [-0.1, -0.05) is 31.0 Å². The molecule has 7 heteroatoms. The van der Waals surface area contributed by atoms with Gasteiger partial charge in [0.2, 0.25) is 5.91 Å². The van der Waals surface area contributed by atoms with Gasteiger partial charge in [0, 0.05) is 25.8 Å². The normalized spacial score (nSPS) is 14.5. The Morgan fingerprint density at radius 1 is 1.07 bits per heavy atom. The maximum atomic E-state index is 12.6. The molecule has 1 aliphatic heterocycles. The molecule has 1 fully saturated rings. The summed E-state index contributed by atoms with van der Waals surface area (Å²) in [6, 6.07) is 9.50. The van der Waals surface area contributed by atoms with Crippen LogP contribution in [0.25, 0.3) is 10.9 Å². The van der Waals surface area contributed by atoms with Crippen LogP contribution < -0.4 is 15.8 Å². The van der Waals surface area contributed by atoms with Gasteiger partial charge in [-0.25, -0.2) is 9.97 Å². The summed E-state index contributed by atoms with van der Waals surface area (Å²) < 4.78 is 1.35. The van der Waals surface area contributed by atoms with Gasteiger partial charge >= 0.3 is 0 Å². The van der Waals surface area contributed by atoms with Crippen molar-refractivity contribution in [2.45, 2.75) is 45.7 Å². The lowest BCUT2D eigenvalue weighted by Gasteiger charge is -2.21. The van der Waals surface area contributed by atoms with E-state index in [1.807, 2.05) is 37.4 Å². The van der Waals surface area contributed by atoms with Crippen molar-refractivity contribution in [1.29, 1.82) is 0 Å². The number of para-hydroxylation sites is 1. The molecule has 156 valence electrons. The molecule has 3 aromatic rings. The summed E-state index contributed by atoms with van der Waals surface area (Å²) in [4.78, 5) is 36.2. The second-order valence-electron chi connectivity index (χ2n) is 7.85. The average molecular weight is 406 g/mol. The SMILES string of the molecule is Cc1cccc2c(=O)n(CC(=O)NCc3ccc(N4CCCCCC4)nc3)cnc12. The number of amides is 1. The predicted octanol–water partition coefficient (Wildman–Crippen LogP) is 2.80. The summed E-state index contributed by atoms with van der Waals surface area (Å²) in [6.07, 6.45) is 8.25. The van der Waals surface area contributed by atoms with Crippen LogP contribution in [0.5, 0.6) is 0 Å². The highest BCUT2D eigenvalue weighted by molar-refractivity contribution is 5.81. The van der Waals surface area contributed by atoms with E-state index in [4.69, 9.17) is 0 Å². The first-order valence-corrected chi connectivity index (χ1v) is 10.5. The second kappa shape index (κ2) is 9.07. The highest BCUT2D eigenvalue weighted by Gasteiger charge is 2.12. The first kappa shape index (κ1) is 20.1. The molecule has 0 unspecified atom stereocenters. The largest absolute Gasteiger partial charge is 0.357 e. The maximum Gasteiger partial charge on any atom is 0.261 e. The topological polar surface area (TPSA) is 80.1 Å². The van der Waals surface area contributed by atoms with Crippen molar-refractivity contribution in [2.75, 3.05) is 18.0 Å². The molecule has 0 bridgehead atoms. The molecule has 1 amide bonds. The number of hydrogen-bond acceptors (Lipinski definition) is 5. The second-order valence-corrected chi connectivity index (χ2v) is 7.85. The Balaban J connectivity index is 1.36. The Morgan fingerprint density at radius 3 is 2.60 bits per heavy atom. The number of pyridine rings is 1. The van der Waals surface area contributed by atoms with Crippen molar-refractivity contribution in [2.24, 2.45) is 0 Å². The molecular formula is C23H27N5O2. The highest BCUT2D eigenvalue weighted by Crippen LogP contribution is 2.17. The van der Waals surface area contributed by atoms with E-state index in [2.05, 4.69) is 20.2 Å². The number of nitrogens with one attached hydrogen (secondary N) is 1. The van der Waals surface area contributed by atoms with Crippen LogP contribution >= 0.6 is 0 Å². The van der Waals surface area contributed by atoms with E-state index < -0.39 is 0 Å². The Morgan fingerprint density at radius 2 is 1.87 bits per heavy atom. The lowest BCUT2D eigenvalue weighted by molar-refractivity contribution is -0.121. The van der Waals surface area contributed by atoms with Crippen LogP contribution in [0.3, 0.4) is 0 Å². The summed E-state index contributed by atoms with van der Waals surface area (Å²) in [5.74, 6) is 0.763. The van der Waals surface area contributed by atoms with Crippen LogP contribution in [0.2, 0.25) is 0 Å². The van der Waals surface area contributed by atoms with Gasteiger partial charge in [-0.3, -0.25) is 14.2 Å². The standard InChI is InChI=1S/C23H27N5O2/c1-17-7-6-8-19-22(17)26-16-28(23(19)30)15-21(29)25-14-18-9-10-20(24-13-18)27-11-4-2-3-5-12-27/h6-10,13,16H,2-5,11-12,14-15H2,1H3,(H,25,29). The van der Waals surface area contributed by atoms with E-state index in [0.717, 1.165) is 30.0 Å². The molecule has 30 heavy (non-hydrogen) atoms. The molecule has 1 saturated heterocycles. The summed E-state index contributed by atoms with van der Waals surface area (Å²) in [6.45, 7) is 4.34. The summed E-state index contributed by atoms with van der Waals surface area (Å²) in [5.41, 5.74) is 2.34. The molecule has 0 spiro atoms. The third-order valence-electron chi connectivity index (χ3n) is 5.60. The molecule has 1 aliphatic rings. The molecule has 1 aromatic carbocycles. The Hall–Kier alpha value is -3.22. The molecule has 2 aromatic heterocycles. The fraction of sp³-hybridized carbons (Fsp3) is 0.391. The summed E-state index contributed by atoms with van der Waals surface area (Å²) in [5, 5.41) is 3.39. The zero-order chi connectivity index (χ0) is 20.9. The molecule has 0 aliphatic carbocycles. The zero-order valence-electron chi connectivity index (χ0n) is 17.3. The van der Waals surface area contributed by atoms with Crippen molar-refractivity contribution in [1.82, 2.24) is 19.9 Å². The van der Waals surface area contributed by atoms with Gasteiger partial charge in [-0.2, -0.15) is 0 Å². The predicted molar refractivity (Wildman–Crippen MR) is 118 cm³/mol. The van der Waals surface area contributed by atoms with Gasteiger partial charge in [-0.15, -0.1) is 0 Å². The number of rotatable bonds is 5. The fourth-order valence-electron chi connectivity index (χ4n) is 3.87. The highest BCUT2D eigenvalue weighted by atomic mass is 16.2. The minimum Gasteiger partial charge on any atom is -0.357 e. The van der Waals surface area contributed by atoms with Crippen LogP contribution in [0, 0.1) is 6.92 Å². The Bertz CT molecular complexity index is 1080.